The minimum Gasteiger partial charge on any atom is -0.350 e. The molecule has 0 saturated heterocycles. The molecule has 0 aliphatic heterocycles. The summed E-state index contributed by atoms with van der Waals surface area (Å²) in [6.07, 6.45) is 0.516. The lowest BCUT2D eigenvalue weighted by Gasteiger charge is -2.09. The molecule has 1 heterocycles. The molecule has 8 nitrogen and oxygen atoms in total. The van der Waals surface area contributed by atoms with Crippen molar-refractivity contribution in [3.8, 4) is 0 Å². The van der Waals surface area contributed by atoms with Gasteiger partial charge in [-0.1, -0.05) is 26.0 Å². The van der Waals surface area contributed by atoms with E-state index in [9.17, 15) is 18.0 Å². The van der Waals surface area contributed by atoms with Crippen LogP contribution in [0.15, 0.2) is 46.1 Å². The summed E-state index contributed by atoms with van der Waals surface area (Å²) in [4.78, 5) is 24.0. The SMILES string of the molecule is CC(C)Cn1nc(C(=O)NCCc2ccc(S(N)(=O)=O)cc2)ccc1=O. The molecule has 0 saturated carbocycles. The molecule has 0 aliphatic carbocycles. The normalized spacial score (nSPS) is 11.5. The van der Waals surface area contributed by atoms with E-state index >= 15 is 0 Å². The Kier molecular flexibility index (Phi) is 6.27. The van der Waals surface area contributed by atoms with Crippen LogP contribution < -0.4 is 16.0 Å². The predicted molar refractivity (Wildman–Crippen MR) is 97.2 cm³/mol. The molecular formula is C17H22N4O4S. The smallest absolute Gasteiger partial charge is 0.271 e. The molecule has 140 valence electrons. The average Bonchev–Trinajstić information content (AvgIpc) is 2.56. The molecule has 3 N–H and O–H groups in total. The topological polar surface area (TPSA) is 124 Å². The molecule has 0 unspecified atom stereocenters. The largest absolute Gasteiger partial charge is 0.350 e. The number of rotatable bonds is 7. The zero-order valence-electron chi connectivity index (χ0n) is 14.7. The Morgan fingerprint density at radius 1 is 1.19 bits per heavy atom. The molecule has 9 heteroatoms. The Morgan fingerprint density at radius 3 is 2.42 bits per heavy atom. The lowest BCUT2D eigenvalue weighted by Crippen LogP contribution is -2.31. The van der Waals surface area contributed by atoms with Crippen LogP contribution in [-0.4, -0.2) is 30.7 Å². The fourth-order valence-electron chi connectivity index (χ4n) is 2.30. The second-order valence-corrected chi connectivity index (χ2v) is 7.89. The summed E-state index contributed by atoms with van der Waals surface area (Å²) < 4.78 is 23.7. The van der Waals surface area contributed by atoms with Crippen LogP contribution in [0.1, 0.15) is 29.9 Å². The molecule has 1 amide bonds. The highest BCUT2D eigenvalue weighted by molar-refractivity contribution is 7.89. The van der Waals surface area contributed by atoms with E-state index in [0.29, 0.717) is 19.5 Å². The number of hydrogen-bond acceptors (Lipinski definition) is 5. The van der Waals surface area contributed by atoms with Crippen LogP contribution >= 0.6 is 0 Å². The van der Waals surface area contributed by atoms with E-state index < -0.39 is 10.0 Å². The van der Waals surface area contributed by atoms with Gasteiger partial charge in [-0.15, -0.1) is 0 Å². The molecular weight excluding hydrogens is 356 g/mol. The number of hydrogen-bond donors (Lipinski definition) is 2. The molecule has 0 aliphatic rings. The lowest BCUT2D eigenvalue weighted by atomic mass is 10.1. The zero-order valence-corrected chi connectivity index (χ0v) is 15.5. The molecule has 0 fully saturated rings. The minimum atomic E-state index is -3.71. The summed E-state index contributed by atoms with van der Waals surface area (Å²) >= 11 is 0. The maximum Gasteiger partial charge on any atom is 0.271 e. The molecule has 2 rings (SSSR count). The van der Waals surface area contributed by atoms with Gasteiger partial charge in [-0.3, -0.25) is 9.59 Å². The standard InChI is InChI=1S/C17H22N4O4S/c1-12(2)11-21-16(22)8-7-15(20-21)17(23)19-10-9-13-3-5-14(6-4-13)26(18,24)25/h3-8,12H,9-11H2,1-2H3,(H,19,23)(H2,18,24,25). The van der Waals surface area contributed by atoms with E-state index in [1.54, 1.807) is 12.1 Å². The predicted octanol–water partition coefficient (Wildman–Crippen LogP) is 0.519. The van der Waals surface area contributed by atoms with Crippen LogP contribution in [0.5, 0.6) is 0 Å². The number of nitrogens with zero attached hydrogens (tertiary/aromatic N) is 2. The second kappa shape index (κ2) is 8.24. The van der Waals surface area contributed by atoms with E-state index in [4.69, 9.17) is 5.14 Å². The highest BCUT2D eigenvalue weighted by Gasteiger charge is 2.10. The van der Waals surface area contributed by atoms with Gasteiger partial charge in [-0.25, -0.2) is 18.2 Å². The van der Waals surface area contributed by atoms with Crippen molar-refractivity contribution in [3.63, 3.8) is 0 Å². The van der Waals surface area contributed by atoms with Crippen molar-refractivity contribution in [1.82, 2.24) is 15.1 Å². The van der Waals surface area contributed by atoms with Gasteiger partial charge < -0.3 is 5.32 Å². The van der Waals surface area contributed by atoms with Gasteiger partial charge in [0.05, 0.1) is 4.90 Å². The van der Waals surface area contributed by atoms with Gasteiger partial charge >= 0.3 is 0 Å². The molecule has 0 bridgehead atoms. The van der Waals surface area contributed by atoms with Crippen molar-refractivity contribution >= 4 is 15.9 Å². The van der Waals surface area contributed by atoms with Crippen molar-refractivity contribution in [2.75, 3.05) is 6.54 Å². The number of aromatic nitrogens is 2. The van der Waals surface area contributed by atoms with Gasteiger partial charge in [0.2, 0.25) is 10.0 Å². The number of sulfonamides is 1. The Morgan fingerprint density at radius 2 is 1.85 bits per heavy atom. The maximum absolute atomic E-state index is 12.2. The number of primary sulfonamides is 1. The van der Waals surface area contributed by atoms with Crippen LogP contribution in [0.25, 0.3) is 0 Å². The summed E-state index contributed by atoms with van der Waals surface area (Å²) in [5, 5.41) is 11.9. The minimum absolute atomic E-state index is 0.0434. The molecule has 0 radical (unpaired) electrons. The van der Waals surface area contributed by atoms with Crippen LogP contribution in [-0.2, 0) is 23.0 Å². The maximum atomic E-state index is 12.2. The highest BCUT2D eigenvalue weighted by atomic mass is 32.2. The first-order valence-electron chi connectivity index (χ1n) is 8.15. The van der Waals surface area contributed by atoms with Crippen molar-refractivity contribution in [2.45, 2.75) is 31.7 Å². The molecule has 0 spiro atoms. The number of nitrogens with one attached hydrogen (secondary N) is 1. The van der Waals surface area contributed by atoms with Gasteiger partial charge in [0.15, 0.2) is 0 Å². The molecule has 26 heavy (non-hydrogen) atoms. The fraction of sp³-hybridized carbons (Fsp3) is 0.353. The lowest BCUT2D eigenvalue weighted by molar-refractivity contribution is 0.0946. The van der Waals surface area contributed by atoms with Gasteiger partial charge in [0.25, 0.3) is 11.5 Å². The number of carbonyl (C=O) groups is 1. The summed E-state index contributed by atoms with van der Waals surface area (Å²) in [6, 6.07) is 8.87. The van der Waals surface area contributed by atoms with Crippen molar-refractivity contribution in [2.24, 2.45) is 11.1 Å². The van der Waals surface area contributed by atoms with E-state index in [1.807, 2.05) is 13.8 Å². The van der Waals surface area contributed by atoms with Crippen molar-refractivity contribution in [1.29, 1.82) is 0 Å². The van der Waals surface area contributed by atoms with Crippen molar-refractivity contribution in [3.05, 3.63) is 58.0 Å². The molecule has 0 atom stereocenters. The first-order valence-corrected chi connectivity index (χ1v) is 9.69. The Bertz CT molecular complexity index is 934. The summed E-state index contributed by atoms with van der Waals surface area (Å²) in [6.45, 7) is 4.71. The third-order valence-corrected chi connectivity index (χ3v) is 4.52. The zero-order chi connectivity index (χ0) is 19.3. The number of carbonyl (C=O) groups excluding carboxylic acids is 1. The van der Waals surface area contributed by atoms with E-state index in [2.05, 4.69) is 10.4 Å². The molecule has 1 aromatic carbocycles. The van der Waals surface area contributed by atoms with E-state index in [-0.39, 0.29) is 28.0 Å². The third-order valence-electron chi connectivity index (χ3n) is 3.59. The van der Waals surface area contributed by atoms with E-state index in [0.717, 1.165) is 5.56 Å². The quantitative estimate of drug-likeness (QED) is 0.727. The third kappa shape index (κ3) is 5.50. The van der Waals surface area contributed by atoms with Crippen LogP contribution in [0.3, 0.4) is 0 Å². The van der Waals surface area contributed by atoms with Gasteiger partial charge in [0, 0.05) is 19.2 Å². The van der Waals surface area contributed by atoms with Gasteiger partial charge in [-0.2, -0.15) is 5.10 Å². The molecule has 1 aromatic heterocycles. The first kappa shape index (κ1) is 19.8. The first-order chi connectivity index (χ1) is 12.2. The summed E-state index contributed by atoms with van der Waals surface area (Å²) in [5.74, 6) is -0.137. The number of amides is 1. The van der Waals surface area contributed by atoms with E-state index in [1.165, 1.54) is 28.9 Å². The second-order valence-electron chi connectivity index (χ2n) is 6.33. The number of benzene rings is 1. The van der Waals surface area contributed by atoms with Crippen LogP contribution in [0.2, 0.25) is 0 Å². The monoisotopic (exact) mass is 378 g/mol. The number of nitrogens with two attached hydrogens (primary N) is 1. The van der Waals surface area contributed by atoms with Crippen molar-refractivity contribution < 1.29 is 13.2 Å². The summed E-state index contributed by atoms with van der Waals surface area (Å²) in [5.41, 5.74) is 0.787. The summed E-state index contributed by atoms with van der Waals surface area (Å²) in [7, 11) is -3.71. The highest BCUT2D eigenvalue weighted by Crippen LogP contribution is 2.09. The van der Waals surface area contributed by atoms with Gasteiger partial charge in [-0.05, 0) is 36.1 Å². The fourth-order valence-corrected chi connectivity index (χ4v) is 2.82. The van der Waals surface area contributed by atoms with Crippen LogP contribution in [0, 0.1) is 5.92 Å². The average molecular weight is 378 g/mol. The Hall–Kier alpha value is -2.52. The molecule has 2 aromatic rings. The van der Waals surface area contributed by atoms with Crippen LogP contribution in [0.4, 0.5) is 0 Å². The van der Waals surface area contributed by atoms with Gasteiger partial charge in [0.1, 0.15) is 5.69 Å². The Labute approximate surface area is 152 Å². The Balaban J connectivity index is 1.95.